The lowest BCUT2D eigenvalue weighted by atomic mass is 10.3. The largest absolute Gasteiger partial charge is 0.384 e. The summed E-state index contributed by atoms with van der Waals surface area (Å²) < 4.78 is 26.8. The Kier molecular flexibility index (Phi) is 4.54. The van der Waals surface area contributed by atoms with Crippen molar-refractivity contribution in [2.45, 2.75) is 31.3 Å². The van der Waals surface area contributed by atoms with E-state index in [-0.39, 0.29) is 23.3 Å². The number of nitrogen functional groups attached to an aromatic ring is 1. The average molecular weight is 306 g/mol. The summed E-state index contributed by atoms with van der Waals surface area (Å²) in [6.07, 6.45) is 2.92. The van der Waals surface area contributed by atoms with Gasteiger partial charge in [-0.1, -0.05) is 6.07 Å². The van der Waals surface area contributed by atoms with Gasteiger partial charge < -0.3 is 5.73 Å². The second-order valence-electron chi connectivity index (χ2n) is 4.88. The number of nitrogens with zero attached hydrogens (tertiary/aromatic N) is 3. The van der Waals surface area contributed by atoms with E-state index < -0.39 is 10.0 Å². The van der Waals surface area contributed by atoms with Crippen LogP contribution < -0.4 is 5.73 Å². The first kappa shape index (κ1) is 15.4. The summed E-state index contributed by atoms with van der Waals surface area (Å²) in [4.78, 5) is 8.16. The Labute approximate surface area is 124 Å². The van der Waals surface area contributed by atoms with Crippen molar-refractivity contribution in [3.63, 3.8) is 0 Å². The molecule has 6 nitrogen and oxygen atoms in total. The molecule has 0 aromatic carbocycles. The van der Waals surface area contributed by atoms with Crippen LogP contribution in [0.3, 0.4) is 0 Å². The number of anilines is 1. The van der Waals surface area contributed by atoms with E-state index in [9.17, 15) is 8.42 Å². The summed E-state index contributed by atoms with van der Waals surface area (Å²) in [6, 6.07) is 8.17. The Balaban J connectivity index is 2.35. The molecule has 0 amide bonds. The van der Waals surface area contributed by atoms with Crippen molar-refractivity contribution in [1.29, 1.82) is 0 Å². The van der Waals surface area contributed by atoms with Crippen LogP contribution in [0.4, 0.5) is 5.82 Å². The third-order valence-electron chi connectivity index (χ3n) is 2.99. The third kappa shape index (κ3) is 3.56. The molecule has 112 valence electrons. The van der Waals surface area contributed by atoms with Crippen molar-refractivity contribution in [2.75, 3.05) is 5.73 Å². The molecular formula is C14H18N4O2S. The van der Waals surface area contributed by atoms with Gasteiger partial charge in [0.25, 0.3) is 0 Å². The second kappa shape index (κ2) is 6.19. The molecule has 0 radical (unpaired) electrons. The molecule has 21 heavy (non-hydrogen) atoms. The maximum absolute atomic E-state index is 12.7. The van der Waals surface area contributed by atoms with Crippen molar-refractivity contribution >= 4 is 15.8 Å². The zero-order valence-electron chi connectivity index (χ0n) is 12.0. The molecule has 7 heteroatoms. The number of aromatic nitrogens is 2. The molecule has 0 bridgehead atoms. The van der Waals surface area contributed by atoms with E-state index in [0.29, 0.717) is 5.69 Å². The van der Waals surface area contributed by atoms with Crippen LogP contribution in [0, 0.1) is 0 Å². The van der Waals surface area contributed by atoms with Gasteiger partial charge in [-0.15, -0.1) is 0 Å². The third-order valence-corrected chi connectivity index (χ3v) is 4.99. The van der Waals surface area contributed by atoms with Gasteiger partial charge in [-0.3, -0.25) is 4.98 Å². The minimum absolute atomic E-state index is 0.126. The minimum Gasteiger partial charge on any atom is -0.384 e. The first-order valence-electron chi connectivity index (χ1n) is 6.54. The quantitative estimate of drug-likeness (QED) is 0.907. The SMILES string of the molecule is CC(C)N(Cc1ccccn1)S(=O)(=O)c1ccc(N)nc1. The standard InChI is InChI=1S/C14H18N4O2S/c1-11(2)18(10-12-5-3-4-8-16-12)21(19,20)13-6-7-14(15)17-9-13/h3-9,11H,10H2,1-2H3,(H2,15,17). The predicted molar refractivity (Wildman–Crippen MR) is 80.8 cm³/mol. The Morgan fingerprint density at radius 2 is 1.95 bits per heavy atom. The maximum atomic E-state index is 12.7. The van der Waals surface area contributed by atoms with Gasteiger partial charge in [-0.05, 0) is 38.1 Å². The molecule has 0 saturated carbocycles. The van der Waals surface area contributed by atoms with E-state index in [2.05, 4.69) is 9.97 Å². The number of sulfonamides is 1. The molecule has 2 N–H and O–H groups in total. The van der Waals surface area contributed by atoms with Gasteiger partial charge in [0.15, 0.2) is 0 Å². The molecule has 0 atom stereocenters. The lowest BCUT2D eigenvalue weighted by molar-refractivity contribution is 0.344. The van der Waals surface area contributed by atoms with E-state index in [1.165, 1.54) is 22.6 Å². The molecule has 0 unspecified atom stereocenters. The summed E-state index contributed by atoms with van der Waals surface area (Å²) in [5.41, 5.74) is 6.19. The van der Waals surface area contributed by atoms with Crippen molar-refractivity contribution in [1.82, 2.24) is 14.3 Å². The van der Waals surface area contributed by atoms with Gasteiger partial charge in [-0.25, -0.2) is 13.4 Å². The first-order valence-corrected chi connectivity index (χ1v) is 7.98. The minimum atomic E-state index is -3.64. The van der Waals surface area contributed by atoms with Crippen molar-refractivity contribution in [3.8, 4) is 0 Å². The molecule has 2 heterocycles. The molecule has 2 rings (SSSR count). The summed E-state index contributed by atoms with van der Waals surface area (Å²) in [6.45, 7) is 3.86. The molecule has 0 fully saturated rings. The van der Waals surface area contributed by atoms with E-state index in [4.69, 9.17) is 5.73 Å². The summed E-state index contributed by atoms with van der Waals surface area (Å²) in [5.74, 6) is 0.287. The second-order valence-corrected chi connectivity index (χ2v) is 6.77. The number of nitrogens with two attached hydrogens (primary N) is 1. The number of hydrogen-bond donors (Lipinski definition) is 1. The Hall–Kier alpha value is -1.99. The molecule has 0 saturated heterocycles. The summed E-state index contributed by atoms with van der Waals surface area (Å²) >= 11 is 0. The van der Waals surface area contributed by atoms with Gasteiger partial charge >= 0.3 is 0 Å². The van der Waals surface area contributed by atoms with Crippen LogP contribution in [0.15, 0.2) is 47.6 Å². The molecule has 2 aromatic rings. The molecule has 0 spiro atoms. The van der Waals surface area contributed by atoms with Crippen LogP contribution in [0.25, 0.3) is 0 Å². The fraction of sp³-hybridized carbons (Fsp3) is 0.286. The number of pyridine rings is 2. The molecule has 0 aliphatic heterocycles. The van der Waals surface area contributed by atoms with Gasteiger partial charge in [0.05, 0.1) is 12.2 Å². The lowest BCUT2D eigenvalue weighted by Crippen LogP contribution is -2.36. The first-order chi connectivity index (χ1) is 9.91. The van der Waals surface area contributed by atoms with Crippen LogP contribution in [-0.4, -0.2) is 28.7 Å². The number of rotatable bonds is 5. The lowest BCUT2D eigenvalue weighted by Gasteiger charge is -2.25. The van der Waals surface area contributed by atoms with Crippen LogP contribution in [0.1, 0.15) is 19.5 Å². The highest BCUT2D eigenvalue weighted by atomic mass is 32.2. The average Bonchev–Trinajstić information content (AvgIpc) is 2.46. The fourth-order valence-corrected chi connectivity index (χ4v) is 3.43. The summed E-state index contributed by atoms with van der Waals surface area (Å²) in [5, 5.41) is 0. The normalized spacial score (nSPS) is 12.0. The molecule has 0 aliphatic carbocycles. The highest BCUT2D eigenvalue weighted by molar-refractivity contribution is 7.89. The maximum Gasteiger partial charge on any atom is 0.245 e. The topological polar surface area (TPSA) is 89.2 Å². The molecule has 2 aromatic heterocycles. The Morgan fingerprint density at radius 1 is 1.19 bits per heavy atom. The number of hydrogen-bond acceptors (Lipinski definition) is 5. The van der Waals surface area contributed by atoms with E-state index in [1.54, 1.807) is 18.3 Å². The zero-order valence-corrected chi connectivity index (χ0v) is 12.8. The molecule has 0 aliphatic rings. The van der Waals surface area contributed by atoms with Gasteiger partial charge in [0.1, 0.15) is 10.7 Å². The van der Waals surface area contributed by atoms with Gasteiger partial charge in [-0.2, -0.15) is 4.31 Å². The van der Waals surface area contributed by atoms with Crippen LogP contribution in [0.5, 0.6) is 0 Å². The molecular weight excluding hydrogens is 288 g/mol. The predicted octanol–water partition coefficient (Wildman–Crippen LogP) is 1.66. The Bertz CT molecular complexity index is 685. The van der Waals surface area contributed by atoms with E-state index in [1.807, 2.05) is 19.9 Å². The van der Waals surface area contributed by atoms with Gasteiger partial charge in [0.2, 0.25) is 10.0 Å². The fourth-order valence-electron chi connectivity index (χ4n) is 1.88. The summed E-state index contributed by atoms with van der Waals surface area (Å²) in [7, 11) is -3.64. The van der Waals surface area contributed by atoms with E-state index >= 15 is 0 Å². The van der Waals surface area contributed by atoms with Crippen LogP contribution in [0.2, 0.25) is 0 Å². The van der Waals surface area contributed by atoms with Crippen molar-refractivity contribution < 1.29 is 8.42 Å². The van der Waals surface area contributed by atoms with Crippen LogP contribution >= 0.6 is 0 Å². The van der Waals surface area contributed by atoms with E-state index in [0.717, 1.165) is 0 Å². The van der Waals surface area contributed by atoms with Crippen LogP contribution in [-0.2, 0) is 16.6 Å². The smallest absolute Gasteiger partial charge is 0.245 e. The monoisotopic (exact) mass is 306 g/mol. The van der Waals surface area contributed by atoms with Crippen molar-refractivity contribution in [2.24, 2.45) is 0 Å². The van der Waals surface area contributed by atoms with Crippen molar-refractivity contribution in [3.05, 3.63) is 48.4 Å². The Morgan fingerprint density at radius 3 is 2.48 bits per heavy atom. The highest BCUT2D eigenvalue weighted by Crippen LogP contribution is 2.20. The zero-order chi connectivity index (χ0) is 15.5. The highest BCUT2D eigenvalue weighted by Gasteiger charge is 2.27. The van der Waals surface area contributed by atoms with Gasteiger partial charge in [0, 0.05) is 18.4 Å².